The van der Waals surface area contributed by atoms with Crippen LogP contribution >= 0.6 is 0 Å². The van der Waals surface area contributed by atoms with Crippen LogP contribution in [0.5, 0.6) is 0 Å². The fraction of sp³-hybridized carbons (Fsp3) is 0.875. The maximum Gasteiger partial charge on any atom is 0.509 e. The third-order valence-corrected chi connectivity index (χ3v) is 2.61. The van der Waals surface area contributed by atoms with Crippen molar-refractivity contribution in [2.75, 3.05) is 0 Å². The summed E-state index contributed by atoms with van der Waals surface area (Å²) in [5, 5.41) is 18.0. The maximum absolute atomic E-state index is 13.2. The first-order valence-corrected chi connectivity index (χ1v) is 4.78. The molecule has 0 aromatic carbocycles. The van der Waals surface area contributed by atoms with E-state index in [1.807, 2.05) is 0 Å². The van der Waals surface area contributed by atoms with Gasteiger partial charge >= 0.3 is 18.0 Å². The van der Waals surface area contributed by atoms with Gasteiger partial charge in [-0.05, 0) is 12.8 Å². The Morgan fingerprint density at radius 2 is 1.94 bits per heavy atom. The van der Waals surface area contributed by atoms with Gasteiger partial charge < -0.3 is 10.3 Å². The van der Waals surface area contributed by atoms with Crippen molar-refractivity contribution in [2.24, 2.45) is 0 Å². The molecule has 1 unspecified atom stereocenters. The summed E-state index contributed by atoms with van der Waals surface area (Å²) < 4.78 is 62.2. The van der Waals surface area contributed by atoms with Gasteiger partial charge in [-0.2, -0.15) is 22.0 Å². The van der Waals surface area contributed by atoms with E-state index in [1.54, 1.807) is 0 Å². The molecule has 1 rings (SSSR count). The van der Waals surface area contributed by atoms with Gasteiger partial charge in [-0.25, -0.2) is 4.79 Å². The first-order valence-electron chi connectivity index (χ1n) is 4.78. The van der Waals surface area contributed by atoms with E-state index in [-0.39, 0.29) is 12.8 Å². The van der Waals surface area contributed by atoms with Crippen molar-refractivity contribution in [3.63, 3.8) is 0 Å². The summed E-state index contributed by atoms with van der Waals surface area (Å²) in [6.07, 6.45) is -8.57. The van der Waals surface area contributed by atoms with Crippen LogP contribution in [0.1, 0.15) is 19.3 Å². The van der Waals surface area contributed by atoms with Crippen LogP contribution in [0.4, 0.5) is 22.0 Å². The highest BCUT2D eigenvalue weighted by atomic mass is 19.4. The van der Waals surface area contributed by atoms with E-state index in [0.717, 1.165) is 0 Å². The van der Waals surface area contributed by atoms with Crippen LogP contribution in [0.2, 0.25) is 0 Å². The monoisotopic (exact) mass is 263 g/mol. The molecular weight excluding hydrogens is 253 g/mol. The average Bonchev–Trinajstić information content (AvgIpc) is 2.13. The predicted octanol–water partition coefficient (Wildman–Crippen LogP) is 0.00670. The molecule has 1 aliphatic carbocycles. The number of hydrogen-bond acceptors (Lipinski definition) is 3. The predicted molar refractivity (Wildman–Crippen MR) is 44.0 cm³/mol. The van der Waals surface area contributed by atoms with Gasteiger partial charge in [0.05, 0.1) is 0 Å². The lowest BCUT2D eigenvalue weighted by molar-refractivity contribution is -0.821. The zero-order chi connectivity index (χ0) is 13.4. The minimum Gasteiger partial charge on any atom is -0.626 e. The lowest BCUT2D eigenvalue weighted by Crippen LogP contribution is -3.19. The minimum absolute atomic E-state index is 0.113. The molecule has 4 nitrogen and oxygen atoms in total. The molecule has 1 fully saturated rings. The molecule has 0 bridgehead atoms. The molecule has 100 valence electrons. The number of rotatable bonds is 1. The highest BCUT2D eigenvalue weighted by Gasteiger charge is 2.57. The van der Waals surface area contributed by atoms with Crippen molar-refractivity contribution in [2.45, 2.75) is 43.5 Å². The van der Waals surface area contributed by atoms with Gasteiger partial charge in [0.1, 0.15) is 6.10 Å². The van der Waals surface area contributed by atoms with Gasteiger partial charge in [0.15, 0.2) is 6.04 Å². The Morgan fingerprint density at radius 1 is 1.41 bits per heavy atom. The Hall–Kier alpha value is -0.800. The second-order valence-electron chi connectivity index (χ2n) is 3.89. The summed E-state index contributed by atoms with van der Waals surface area (Å²) in [5.74, 6) is -6.63. The van der Waals surface area contributed by atoms with E-state index < -0.39 is 41.6 Å². The highest BCUT2D eigenvalue weighted by Crippen LogP contribution is 2.32. The second kappa shape index (κ2) is 4.46. The lowest BCUT2D eigenvalue weighted by atomic mass is 9.88. The number of hydrogen-bond donors (Lipinski definition) is 2. The van der Waals surface area contributed by atoms with Gasteiger partial charge in [0, 0.05) is 6.42 Å². The van der Waals surface area contributed by atoms with Crippen molar-refractivity contribution in [3.05, 3.63) is 5.21 Å². The summed E-state index contributed by atoms with van der Waals surface area (Å²) in [7, 11) is 0. The van der Waals surface area contributed by atoms with E-state index in [4.69, 9.17) is 5.11 Å². The fourth-order valence-electron chi connectivity index (χ4n) is 1.80. The molecule has 2 N–H and O–H groups in total. The Bertz CT molecular complexity index is 306. The molecule has 0 aromatic heterocycles. The maximum atomic E-state index is 13.2. The molecular formula is C8H10F5NO3. The van der Waals surface area contributed by atoms with Gasteiger partial charge in [-0.15, -0.1) is 0 Å². The molecule has 9 heteroatoms. The normalized spacial score (nSPS) is 31.0. The van der Waals surface area contributed by atoms with Crippen LogP contribution in [0.15, 0.2) is 0 Å². The number of carbonyl (C=O) groups is 1. The Balaban J connectivity index is 2.92. The van der Waals surface area contributed by atoms with Crippen molar-refractivity contribution in [1.29, 1.82) is 0 Å². The zero-order valence-corrected chi connectivity index (χ0v) is 8.43. The summed E-state index contributed by atoms with van der Waals surface area (Å²) in [4.78, 5) is 10.6. The number of aliphatic hydroxyl groups is 1. The lowest BCUT2D eigenvalue weighted by Gasteiger charge is -2.39. The van der Waals surface area contributed by atoms with Crippen molar-refractivity contribution >= 4 is 5.91 Å². The van der Waals surface area contributed by atoms with Gasteiger partial charge in [-0.3, -0.25) is 5.06 Å². The molecule has 0 aliphatic heterocycles. The van der Waals surface area contributed by atoms with Crippen LogP contribution in [-0.4, -0.2) is 35.3 Å². The highest BCUT2D eigenvalue weighted by molar-refractivity contribution is 5.73. The number of halogens is 5. The molecule has 1 amide bonds. The number of quaternary nitrogens is 1. The molecule has 0 saturated heterocycles. The van der Waals surface area contributed by atoms with Gasteiger partial charge in [-0.1, -0.05) is 0 Å². The molecule has 1 aliphatic rings. The third kappa shape index (κ3) is 2.90. The summed E-state index contributed by atoms with van der Waals surface area (Å²) in [6.45, 7) is 0. The number of aliphatic hydroxyl groups excluding tert-OH is 1. The van der Waals surface area contributed by atoms with Crippen molar-refractivity contribution in [3.8, 4) is 0 Å². The average molecular weight is 263 g/mol. The van der Waals surface area contributed by atoms with Crippen LogP contribution in [0.3, 0.4) is 0 Å². The molecule has 0 radical (unpaired) electrons. The largest absolute Gasteiger partial charge is 0.626 e. The van der Waals surface area contributed by atoms with E-state index >= 15 is 0 Å². The summed E-state index contributed by atoms with van der Waals surface area (Å²) in [5.41, 5.74) is 0. The smallest absolute Gasteiger partial charge is 0.509 e. The first kappa shape index (κ1) is 14.3. The molecule has 1 saturated carbocycles. The molecule has 0 aromatic rings. The number of amides is 1. The number of hydroxylamine groups is 2. The quantitative estimate of drug-likeness (QED) is 0.517. The number of nitrogens with one attached hydrogen (secondary N) is 1. The Labute approximate surface area is 92.6 Å². The Morgan fingerprint density at radius 3 is 2.35 bits per heavy atom. The van der Waals surface area contributed by atoms with Crippen LogP contribution < -0.4 is 5.06 Å². The third-order valence-electron chi connectivity index (χ3n) is 2.61. The number of alkyl halides is 5. The van der Waals surface area contributed by atoms with Gasteiger partial charge in [0.25, 0.3) is 0 Å². The van der Waals surface area contributed by atoms with Crippen molar-refractivity contribution < 1.29 is 36.9 Å². The molecule has 17 heavy (non-hydrogen) atoms. The first-order chi connectivity index (χ1) is 7.57. The van der Waals surface area contributed by atoms with Crippen LogP contribution in [0.25, 0.3) is 0 Å². The minimum atomic E-state index is -5.50. The fourth-order valence-corrected chi connectivity index (χ4v) is 1.80. The topological polar surface area (TPSA) is 64.8 Å². The SMILES string of the molecule is O=C([NH+]([O-])[C@@H]1[C@H](O)CCCC1(F)F)C(F)(F)F. The van der Waals surface area contributed by atoms with Crippen LogP contribution in [0, 0.1) is 5.21 Å². The molecule has 0 heterocycles. The standard InChI is InChI=1S/C8H10F5NO3/c9-7(10)3-1-2-4(15)5(7)14(17)6(16)8(11,12)13/h4-5,14-15H,1-3H2/t4-,5-/m1/s1. The second-order valence-corrected chi connectivity index (χ2v) is 3.89. The van der Waals surface area contributed by atoms with E-state index in [1.165, 1.54) is 0 Å². The number of carbonyl (C=O) groups excluding carboxylic acids is 1. The molecule has 3 atom stereocenters. The summed E-state index contributed by atoms with van der Waals surface area (Å²) in [6, 6.07) is -2.59. The zero-order valence-electron chi connectivity index (χ0n) is 8.43. The van der Waals surface area contributed by atoms with E-state index in [9.17, 15) is 32.0 Å². The van der Waals surface area contributed by atoms with Crippen molar-refractivity contribution in [1.82, 2.24) is 0 Å². The summed E-state index contributed by atoms with van der Waals surface area (Å²) >= 11 is 0. The Kier molecular flexibility index (Phi) is 3.75. The molecule has 0 spiro atoms. The van der Waals surface area contributed by atoms with E-state index in [0.29, 0.717) is 0 Å². The van der Waals surface area contributed by atoms with Gasteiger partial charge in [0.2, 0.25) is 0 Å². The van der Waals surface area contributed by atoms with Crippen LogP contribution in [-0.2, 0) is 4.79 Å². The van der Waals surface area contributed by atoms with E-state index in [2.05, 4.69) is 0 Å².